The molecular formula is C15H15F3N2O. The van der Waals surface area contributed by atoms with Gasteiger partial charge >= 0.3 is 6.18 Å². The molecule has 1 aromatic carbocycles. The van der Waals surface area contributed by atoms with E-state index in [0.717, 1.165) is 24.5 Å². The van der Waals surface area contributed by atoms with Crippen molar-refractivity contribution in [2.75, 3.05) is 6.54 Å². The second-order valence-electron chi connectivity index (χ2n) is 4.50. The molecule has 0 saturated carbocycles. The summed E-state index contributed by atoms with van der Waals surface area (Å²) in [7, 11) is 0. The summed E-state index contributed by atoms with van der Waals surface area (Å²) in [5.41, 5.74) is 5.56. The van der Waals surface area contributed by atoms with E-state index in [-0.39, 0.29) is 5.88 Å². The molecule has 112 valence electrons. The SMILES string of the molecule is NCCCc1ccc(Oc2cccc(C(F)(F)F)n2)cc1. The number of hydrogen-bond donors (Lipinski definition) is 1. The lowest BCUT2D eigenvalue weighted by Crippen LogP contribution is -2.07. The molecule has 0 aliphatic carbocycles. The van der Waals surface area contributed by atoms with Crippen LogP contribution in [0.1, 0.15) is 17.7 Å². The zero-order valence-corrected chi connectivity index (χ0v) is 11.2. The van der Waals surface area contributed by atoms with E-state index in [1.807, 2.05) is 12.1 Å². The standard InChI is InChI=1S/C15H15F3N2O/c16-15(17,18)13-4-1-5-14(20-13)21-12-8-6-11(7-9-12)3-2-10-19/h1,4-9H,2-3,10,19H2. The Morgan fingerprint density at radius 1 is 1.05 bits per heavy atom. The fourth-order valence-corrected chi connectivity index (χ4v) is 1.78. The molecule has 6 heteroatoms. The molecular weight excluding hydrogens is 281 g/mol. The average Bonchev–Trinajstić information content (AvgIpc) is 2.46. The van der Waals surface area contributed by atoms with E-state index in [2.05, 4.69) is 4.98 Å². The summed E-state index contributed by atoms with van der Waals surface area (Å²) >= 11 is 0. The van der Waals surface area contributed by atoms with E-state index in [9.17, 15) is 13.2 Å². The van der Waals surface area contributed by atoms with Gasteiger partial charge in [0.1, 0.15) is 11.4 Å². The summed E-state index contributed by atoms with van der Waals surface area (Å²) < 4.78 is 43.0. The fourth-order valence-electron chi connectivity index (χ4n) is 1.78. The number of aromatic nitrogens is 1. The van der Waals surface area contributed by atoms with Crippen LogP contribution in [0.5, 0.6) is 11.6 Å². The van der Waals surface area contributed by atoms with Crippen LogP contribution in [-0.4, -0.2) is 11.5 Å². The fraction of sp³-hybridized carbons (Fsp3) is 0.267. The minimum Gasteiger partial charge on any atom is -0.439 e. The van der Waals surface area contributed by atoms with E-state index >= 15 is 0 Å². The lowest BCUT2D eigenvalue weighted by atomic mass is 10.1. The Bertz CT molecular complexity index is 582. The minimum atomic E-state index is -4.48. The molecule has 2 aromatic rings. The lowest BCUT2D eigenvalue weighted by molar-refractivity contribution is -0.141. The van der Waals surface area contributed by atoms with Crippen molar-refractivity contribution in [3.63, 3.8) is 0 Å². The maximum atomic E-state index is 12.5. The smallest absolute Gasteiger partial charge is 0.433 e. The number of benzene rings is 1. The zero-order valence-electron chi connectivity index (χ0n) is 11.2. The van der Waals surface area contributed by atoms with Crippen molar-refractivity contribution in [1.29, 1.82) is 0 Å². The molecule has 21 heavy (non-hydrogen) atoms. The molecule has 0 aliphatic rings. The van der Waals surface area contributed by atoms with Crippen LogP contribution in [0.25, 0.3) is 0 Å². The first-order valence-electron chi connectivity index (χ1n) is 6.50. The van der Waals surface area contributed by atoms with Crippen LogP contribution in [0, 0.1) is 0 Å². The Labute approximate surface area is 120 Å². The predicted molar refractivity (Wildman–Crippen MR) is 73.1 cm³/mol. The van der Waals surface area contributed by atoms with E-state index < -0.39 is 11.9 Å². The van der Waals surface area contributed by atoms with Crippen LogP contribution in [0.4, 0.5) is 13.2 Å². The van der Waals surface area contributed by atoms with E-state index in [4.69, 9.17) is 10.5 Å². The van der Waals surface area contributed by atoms with Gasteiger partial charge in [-0.25, -0.2) is 4.98 Å². The van der Waals surface area contributed by atoms with E-state index in [0.29, 0.717) is 12.3 Å². The van der Waals surface area contributed by atoms with Gasteiger partial charge in [-0.05, 0) is 43.1 Å². The summed E-state index contributed by atoms with van der Waals surface area (Å²) in [6, 6.07) is 10.7. The molecule has 2 rings (SSSR count). The molecule has 2 N–H and O–H groups in total. The van der Waals surface area contributed by atoms with Crippen LogP contribution in [0.2, 0.25) is 0 Å². The molecule has 0 fully saturated rings. The third-order valence-corrected chi connectivity index (χ3v) is 2.83. The van der Waals surface area contributed by atoms with Gasteiger partial charge in [0.25, 0.3) is 0 Å². The van der Waals surface area contributed by atoms with E-state index in [1.165, 1.54) is 12.1 Å². The molecule has 0 radical (unpaired) electrons. The van der Waals surface area contributed by atoms with Crippen molar-refractivity contribution in [2.24, 2.45) is 5.73 Å². The molecule has 0 bridgehead atoms. The van der Waals surface area contributed by atoms with Crippen molar-refractivity contribution in [3.05, 3.63) is 53.7 Å². The van der Waals surface area contributed by atoms with E-state index in [1.54, 1.807) is 12.1 Å². The number of nitrogens with zero attached hydrogens (tertiary/aromatic N) is 1. The van der Waals surface area contributed by atoms with Crippen LogP contribution in [-0.2, 0) is 12.6 Å². The van der Waals surface area contributed by atoms with Crippen LogP contribution in [0.15, 0.2) is 42.5 Å². The lowest BCUT2D eigenvalue weighted by Gasteiger charge is -2.09. The molecule has 0 atom stereocenters. The van der Waals surface area contributed by atoms with Crippen molar-refractivity contribution in [1.82, 2.24) is 4.98 Å². The number of hydrogen-bond acceptors (Lipinski definition) is 3. The van der Waals surface area contributed by atoms with Crippen LogP contribution in [0.3, 0.4) is 0 Å². The average molecular weight is 296 g/mol. The van der Waals surface area contributed by atoms with Crippen LogP contribution < -0.4 is 10.5 Å². The first kappa shape index (κ1) is 15.3. The van der Waals surface area contributed by atoms with Gasteiger partial charge in [-0.3, -0.25) is 0 Å². The van der Waals surface area contributed by atoms with Gasteiger partial charge in [-0.2, -0.15) is 13.2 Å². The molecule has 0 amide bonds. The highest BCUT2D eigenvalue weighted by Gasteiger charge is 2.32. The van der Waals surface area contributed by atoms with Gasteiger partial charge in [0.2, 0.25) is 5.88 Å². The van der Waals surface area contributed by atoms with Crippen LogP contribution >= 0.6 is 0 Å². The molecule has 0 saturated heterocycles. The highest BCUT2D eigenvalue weighted by molar-refractivity contribution is 5.31. The molecule has 1 heterocycles. The third kappa shape index (κ3) is 4.46. The summed E-state index contributed by atoms with van der Waals surface area (Å²) in [6.45, 7) is 0.617. The first-order chi connectivity index (χ1) is 9.99. The van der Waals surface area contributed by atoms with Gasteiger partial charge in [0, 0.05) is 6.07 Å². The maximum Gasteiger partial charge on any atom is 0.433 e. The Morgan fingerprint density at radius 3 is 2.38 bits per heavy atom. The summed E-state index contributed by atoms with van der Waals surface area (Å²) in [6.07, 6.45) is -2.74. The number of alkyl halides is 3. The number of halogens is 3. The normalized spacial score (nSPS) is 11.4. The summed E-state index contributed by atoms with van der Waals surface area (Å²) in [4.78, 5) is 3.45. The molecule has 1 aromatic heterocycles. The van der Waals surface area contributed by atoms with Gasteiger partial charge in [0.05, 0.1) is 0 Å². The first-order valence-corrected chi connectivity index (χ1v) is 6.50. The number of nitrogens with two attached hydrogens (primary N) is 1. The number of rotatable bonds is 5. The number of ether oxygens (including phenoxy) is 1. The third-order valence-electron chi connectivity index (χ3n) is 2.83. The largest absolute Gasteiger partial charge is 0.439 e. The zero-order chi connectivity index (χ0) is 15.3. The number of pyridine rings is 1. The van der Waals surface area contributed by atoms with Gasteiger partial charge < -0.3 is 10.5 Å². The Morgan fingerprint density at radius 2 is 1.76 bits per heavy atom. The van der Waals surface area contributed by atoms with Gasteiger partial charge in [0.15, 0.2) is 0 Å². The second kappa shape index (κ2) is 6.58. The number of aryl methyl sites for hydroxylation is 1. The Hall–Kier alpha value is -2.08. The highest BCUT2D eigenvalue weighted by atomic mass is 19.4. The molecule has 0 unspecified atom stereocenters. The highest BCUT2D eigenvalue weighted by Crippen LogP contribution is 2.29. The summed E-state index contributed by atoms with van der Waals surface area (Å²) in [5, 5.41) is 0. The van der Waals surface area contributed by atoms with Gasteiger partial charge in [-0.15, -0.1) is 0 Å². The van der Waals surface area contributed by atoms with Crippen molar-refractivity contribution in [2.45, 2.75) is 19.0 Å². The van der Waals surface area contributed by atoms with Crippen molar-refractivity contribution < 1.29 is 17.9 Å². The molecule has 3 nitrogen and oxygen atoms in total. The summed E-state index contributed by atoms with van der Waals surface area (Å²) in [5.74, 6) is 0.359. The van der Waals surface area contributed by atoms with Gasteiger partial charge in [-0.1, -0.05) is 18.2 Å². The molecule has 0 spiro atoms. The second-order valence-corrected chi connectivity index (χ2v) is 4.50. The predicted octanol–water partition coefficient (Wildman–Crippen LogP) is 3.78. The van der Waals surface area contributed by atoms with Crippen molar-refractivity contribution >= 4 is 0 Å². The quantitative estimate of drug-likeness (QED) is 0.913. The Kier molecular flexibility index (Phi) is 4.80. The minimum absolute atomic E-state index is 0.0838. The van der Waals surface area contributed by atoms with Crippen molar-refractivity contribution in [3.8, 4) is 11.6 Å². The Balaban J connectivity index is 2.08. The molecule has 0 aliphatic heterocycles. The maximum absolute atomic E-state index is 12.5. The topological polar surface area (TPSA) is 48.1 Å². The monoisotopic (exact) mass is 296 g/mol.